The second-order valence-corrected chi connectivity index (χ2v) is 4.98. The Morgan fingerprint density at radius 3 is 2.54 bits per heavy atom. The molecule has 1 rings (SSSR count). The lowest BCUT2D eigenvalue weighted by atomic mass is 10.4. The van der Waals surface area contributed by atoms with Gasteiger partial charge in [0, 0.05) is 20.1 Å². The molecular formula is C9H10ClIOS. The SMILES string of the molecule is OC(CI)CSc1ccc(Cl)cc1. The van der Waals surface area contributed by atoms with Gasteiger partial charge in [-0.3, -0.25) is 0 Å². The lowest BCUT2D eigenvalue weighted by Gasteiger charge is -2.05. The standard InChI is InChI=1S/C9H10ClIOS/c10-7-1-3-9(4-2-7)13-6-8(12)5-11/h1-4,8,12H,5-6H2. The first-order valence-corrected chi connectivity index (χ1v) is 6.73. The lowest BCUT2D eigenvalue weighted by molar-refractivity contribution is 0.228. The Labute approximate surface area is 101 Å². The van der Waals surface area contributed by atoms with Crippen LogP contribution in [0.15, 0.2) is 29.2 Å². The van der Waals surface area contributed by atoms with Crippen molar-refractivity contribution in [1.29, 1.82) is 0 Å². The molecule has 1 aromatic rings. The van der Waals surface area contributed by atoms with Gasteiger partial charge in [-0.15, -0.1) is 11.8 Å². The molecule has 1 nitrogen and oxygen atoms in total. The van der Waals surface area contributed by atoms with Gasteiger partial charge in [0.25, 0.3) is 0 Å². The Bertz CT molecular complexity index is 252. The summed E-state index contributed by atoms with van der Waals surface area (Å²) in [7, 11) is 0. The maximum absolute atomic E-state index is 9.32. The van der Waals surface area contributed by atoms with E-state index in [0.29, 0.717) is 0 Å². The Morgan fingerprint density at radius 2 is 2.00 bits per heavy atom. The fourth-order valence-corrected chi connectivity index (χ4v) is 2.46. The zero-order valence-electron chi connectivity index (χ0n) is 6.91. The summed E-state index contributed by atoms with van der Waals surface area (Å²) in [5.41, 5.74) is 0. The number of aliphatic hydroxyl groups is 1. The highest BCUT2D eigenvalue weighted by Gasteiger charge is 2.02. The Hall–Kier alpha value is 0.550. The Kier molecular flexibility index (Phi) is 5.47. The normalized spacial score (nSPS) is 12.8. The van der Waals surface area contributed by atoms with Crippen LogP contribution in [0.4, 0.5) is 0 Å². The quantitative estimate of drug-likeness (QED) is 0.520. The molecule has 1 aromatic carbocycles. The predicted octanol–water partition coefficient (Wildman–Crippen LogP) is 3.23. The molecule has 0 aliphatic carbocycles. The molecule has 0 spiro atoms. The van der Waals surface area contributed by atoms with Gasteiger partial charge in [-0.2, -0.15) is 0 Å². The number of alkyl halides is 1. The first-order chi connectivity index (χ1) is 6.22. The van der Waals surface area contributed by atoms with E-state index in [1.165, 1.54) is 0 Å². The van der Waals surface area contributed by atoms with Crippen LogP contribution in [0.2, 0.25) is 5.02 Å². The highest BCUT2D eigenvalue weighted by Crippen LogP contribution is 2.21. The van der Waals surface area contributed by atoms with Gasteiger partial charge >= 0.3 is 0 Å². The zero-order chi connectivity index (χ0) is 9.68. The molecule has 0 heterocycles. The van der Waals surface area contributed by atoms with E-state index in [1.807, 2.05) is 24.3 Å². The molecule has 0 amide bonds. The molecule has 0 bridgehead atoms. The predicted molar refractivity (Wildman–Crippen MR) is 67.1 cm³/mol. The summed E-state index contributed by atoms with van der Waals surface area (Å²) < 4.78 is 0.776. The minimum Gasteiger partial charge on any atom is -0.391 e. The summed E-state index contributed by atoms with van der Waals surface area (Å²) in [6, 6.07) is 7.65. The largest absolute Gasteiger partial charge is 0.391 e. The molecule has 0 aliphatic heterocycles. The number of halogens is 2. The van der Waals surface area contributed by atoms with Crippen LogP contribution in [-0.2, 0) is 0 Å². The van der Waals surface area contributed by atoms with Gasteiger partial charge in [0.15, 0.2) is 0 Å². The van der Waals surface area contributed by atoms with Crippen LogP contribution < -0.4 is 0 Å². The van der Waals surface area contributed by atoms with Crippen molar-refractivity contribution >= 4 is 46.0 Å². The fourth-order valence-electron chi connectivity index (χ4n) is 0.768. The van der Waals surface area contributed by atoms with Gasteiger partial charge in [0.05, 0.1) is 6.10 Å². The molecule has 0 aliphatic rings. The highest BCUT2D eigenvalue weighted by atomic mass is 127. The van der Waals surface area contributed by atoms with E-state index in [1.54, 1.807) is 11.8 Å². The average molecular weight is 329 g/mol. The number of rotatable bonds is 4. The van der Waals surface area contributed by atoms with Crippen LogP contribution in [0.1, 0.15) is 0 Å². The van der Waals surface area contributed by atoms with Gasteiger partial charge in [0.2, 0.25) is 0 Å². The van der Waals surface area contributed by atoms with Crippen molar-refractivity contribution in [2.45, 2.75) is 11.0 Å². The smallest absolute Gasteiger partial charge is 0.0723 e. The van der Waals surface area contributed by atoms with E-state index < -0.39 is 0 Å². The maximum Gasteiger partial charge on any atom is 0.0723 e. The van der Waals surface area contributed by atoms with Crippen LogP contribution in [0.25, 0.3) is 0 Å². The van der Waals surface area contributed by atoms with Crippen LogP contribution >= 0.6 is 46.0 Å². The van der Waals surface area contributed by atoms with E-state index in [-0.39, 0.29) is 6.10 Å². The molecular weight excluding hydrogens is 319 g/mol. The number of hydrogen-bond acceptors (Lipinski definition) is 2. The number of hydrogen-bond donors (Lipinski definition) is 1. The van der Waals surface area contributed by atoms with Crippen molar-refractivity contribution < 1.29 is 5.11 Å². The number of benzene rings is 1. The minimum absolute atomic E-state index is 0.221. The van der Waals surface area contributed by atoms with E-state index in [4.69, 9.17) is 11.6 Å². The summed E-state index contributed by atoms with van der Waals surface area (Å²) in [5.74, 6) is 0.741. The van der Waals surface area contributed by atoms with E-state index in [9.17, 15) is 5.11 Å². The minimum atomic E-state index is -0.221. The summed E-state index contributed by atoms with van der Waals surface area (Å²) >= 11 is 9.57. The van der Waals surface area contributed by atoms with Gasteiger partial charge in [-0.1, -0.05) is 34.2 Å². The average Bonchev–Trinajstić information content (AvgIpc) is 2.16. The van der Waals surface area contributed by atoms with Crippen LogP contribution in [0.5, 0.6) is 0 Å². The zero-order valence-corrected chi connectivity index (χ0v) is 10.6. The highest BCUT2D eigenvalue weighted by molar-refractivity contribution is 14.1. The van der Waals surface area contributed by atoms with Crippen LogP contribution in [0.3, 0.4) is 0 Å². The number of thioether (sulfide) groups is 1. The van der Waals surface area contributed by atoms with E-state index >= 15 is 0 Å². The second kappa shape index (κ2) is 6.11. The maximum atomic E-state index is 9.32. The third kappa shape index (κ3) is 4.54. The lowest BCUT2D eigenvalue weighted by Crippen LogP contribution is -2.10. The first kappa shape index (κ1) is 11.6. The molecule has 4 heteroatoms. The van der Waals surface area contributed by atoms with Gasteiger partial charge in [-0.05, 0) is 24.3 Å². The van der Waals surface area contributed by atoms with E-state index in [0.717, 1.165) is 20.1 Å². The second-order valence-electron chi connectivity index (χ2n) is 2.57. The summed E-state index contributed by atoms with van der Waals surface area (Å²) in [6.45, 7) is 0. The molecule has 0 radical (unpaired) electrons. The van der Waals surface area contributed by atoms with Crippen LogP contribution in [0, 0.1) is 0 Å². The third-order valence-corrected chi connectivity index (χ3v) is 3.86. The van der Waals surface area contributed by atoms with Gasteiger partial charge in [-0.25, -0.2) is 0 Å². The number of aliphatic hydroxyl groups excluding tert-OH is 1. The van der Waals surface area contributed by atoms with Crippen molar-refractivity contribution in [3.63, 3.8) is 0 Å². The van der Waals surface area contributed by atoms with Crippen molar-refractivity contribution in [3.8, 4) is 0 Å². The van der Waals surface area contributed by atoms with Crippen LogP contribution in [-0.4, -0.2) is 21.4 Å². The van der Waals surface area contributed by atoms with Crippen molar-refractivity contribution in [2.24, 2.45) is 0 Å². The van der Waals surface area contributed by atoms with Gasteiger partial charge < -0.3 is 5.11 Å². The van der Waals surface area contributed by atoms with Crippen molar-refractivity contribution in [1.82, 2.24) is 0 Å². The van der Waals surface area contributed by atoms with Crippen molar-refractivity contribution in [2.75, 3.05) is 10.2 Å². The molecule has 72 valence electrons. The molecule has 1 atom stereocenters. The summed E-state index contributed by atoms with van der Waals surface area (Å²) in [6.07, 6.45) is -0.221. The Balaban J connectivity index is 2.41. The third-order valence-electron chi connectivity index (χ3n) is 1.43. The first-order valence-electron chi connectivity index (χ1n) is 3.85. The van der Waals surface area contributed by atoms with Gasteiger partial charge in [0.1, 0.15) is 0 Å². The molecule has 13 heavy (non-hydrogen) atoms. The molecule has 0 aromatic heterocycles. The molecule has 1 unspecified atom stereocenters. The summed E-state index contributed by atoms with van der Waals surface area (Å²) in [5, 5.41) is 10.1. The fraction of sp³-hybridized carbons (Fsp3) is 0.333. The molecule has 0 fully saturated rings. The van der Waals surface area contributed by atoms with E-state index in [2.05, 4.69) is 22.6 Å². The van der Waals surface area contributed by atoms with Crippen molar-refractivity contribution in [3.05, 3.63) is 29.3 Å². The molecule has 0 saturated carbocycles. The summed E-state index contributed by atoms with van der Waals surface area (Å²) in [4.78, 5) is 1.15. The Morgan fingerprint density at radius 1 is 1.38 bits per heavy atom. The monoisotopic (exact) mass is 328 g/mol. The topological polar surface area (TPSA) is 20.2 Å². The molecule has 1 N–H and O–H groups in total. The molecule has 0 saturated heterocycles.